The van der Waals surface area contributed by atoms with Gasteiger partial charge in [-0.15, -0.1) is 0 Å². The lowest BCUT2D eigenvalue weighted by Gasteiger charge is -2.03. The Morgan fingerprint density at radius 1 is 0.938 bits per heavy atom. The Bertz CT molecular complexity index is 422. The molecule has 2 aromatic carbocycles. The minimum Gasteiger partial charge on any atom is -0.497 e. The number of rotatable bonds is 4. The third-order valence-corrected chi connectivity index (χ3v) is 2.65. The van der Waals surface area contributed by atoms with Crippen LogP contribution in [0.1, 0.15) is 12.6 Å². The van der Waals surface area contributed by atoms with Gasteiger partial charge < -0.3 is 4.74 Å². The zero-order chi connectivity index (χ0) is 11.2. The van der Waals surface area contributed by atoms with E-state index in [-0.39, 0.29) is 1.43 Å². The molecule has 2 aromatic rings. The molecule has 0 spiro atoms. The van der Waals surface area contributed by atoms with Crippen LogP contribution in [0, 0.1) is 6.07 Å². The van der Waals surface area contributed by atoms with E-state index in [9.17, 15) is 0 Å². The molecule has 81 valence electrons. The summed E-state index contributed by atoms with van der Waals surface area (Å²) in [5.74, 6) is 0.915. The lowest BCUT2D eigenvalue weighted by atomic mass is 10.0. The van der Waals surface area contributed by atoms with E-state index in [2.05, 4.69) is 30.3 Å². The summed E-state index contributed by atoms with van der Waals surface area (Å²) < 4.78 is 5.13. The topological polar surface area (TPSA) is 9.23 Å². The van der Waals surface area contributed by atoms with Crippen LogP contribution in [-0.2, 0) is 12.8 Å². The molecule has 0 aliphatic carbocycles. The Balaban J connectivity index is 0.00000144. The van der Waals surface area contributed by atoms with Gasteiger partial charge in [-0.3, -0.25) is 0 Å². The fourth-order valence-electron chi connectivity index (χ4n) is 1.67. The van der Waals surface area contributed by atoms with Crippen LogP contribution in [0.2, 0.25) is 0 Å². The quantitative estimate of drug-likeness (QED) is 0.754. The summed E-state index contributed by atoms with van der Waals surface area (Å²) in [5, 5.41) is 0. The second-order valence-electron chi connectivity index (χ2n) is 3.76. The molecule has 0 aliphatic heterocycles. The molecule has 0 saturated carbocycles. The first-order valence-electron chi connectivity index (χ1n) is 5.46. The summed E-state index contributed by atoms with van der Waals surface area (Å²) in [4.78, 5) is 0. The molecule has 0 aromatic heterocycles. The lowest BCUT2D eigenvalue weighted by molar-refractivity contribution is 0.414. The van der Waals surface area contributed by atoms with Crippen molar-refractivity contribution in [3.05, 3.63) is 65.7 Å². The van der Waals surface area contributed by atoms with Crippen molar-refractivity contribution < 1.29 is 6.16 Å². The second-order valence-corrected chi connectivity index (χ2v) is 3.76. The molecule has 0 saturated heterocycles. The van der Waals surface area contributed by atoms with Crippen molar-refractivity contribution in [2.75, 3.05) is 7.11 Å². The van der Waals surface area contributed by atoms with Gasteiger partial charge in [0.25, 0.3) is 0 Å². The molecule has 0 bridgehead atoms. The fourth-order valence-corrected chi connectivity index (χ4v) is 1.67. The van der Waals surface area contributed by atoms with Crippen LogP contribution in [0.4, 0.5) is 0 Å². The van der Waals surface area contributed by atoms with Gasteiger partial charge in [-0.1, -0.05) is 36.4 Å². The van der Waals surface area contributed by atoms with Crippen LogP contribution in [0.15, 0.2) is 48.5 Å². The predicted molar refractivity (Wildman–Crippen MR) is 66.8 cm³/mol. The minimum absolute atomic E-state index is 0. The maximum atomic E-state index is 5.13. The van der Waals surface area contributed by atoms with Gasteiger partial charge in [0.05, 0.1) is 7.11 Å². The number of benzene rings is 2. The molecular formula is C15H16O+. The van der Waals surface area contributed by atoms with E-state index < -0.39 is 0 Å². The number of methoxy groups -OCH3 is 1. The van der Waals surface area contributed by atoms with Crippen molar-refractivity contribution in [3.8, 4) is 5.75 Å². The smallest absolute Gasteiger partial charge is 0.497 e. The minimum atomic E-state index is 0. The van der Waals surface area contributed by atoms with Crippen LogP contribution in [0.3, 0.4) is 0 Å². The summed E-state index contributed by atoms with van der Waals surface area (Å²) >= 11 is 0. The average molecular weight is 212 g/mol. The van der Waals surface area contributed by atoms with Crippen LogP contribution in [0.25, 0.3) is 0 Å². The summed E-state index contributed by atoms with van der Waals surface area (Å²) in [7, 11) is 1.69. The molecule has 0 atom stereocenters. The van der Waals surface area contributed by atoms with Gasteiger partial charge in [-0.25, -0.2) is 0 Å². The molecule has 1 nitrogen and oxygen atoms in total. The van der Waals surface area contributed by atoms with E-state index in [1.807, 2.05) is 24.3 Å². The Kier molecular flexibility index (Phi) is 3.60. The largest absolute Gasteiger partial charge is 1.00 e. The monoisotopic (exact) mass is 212 g/mol. The highest BCUT2D eigenvalue weighted by molar-refractivity contribution is 5.28. The number of hydrogen-bond acceptors (Lipinski definition) is 1. The van der Waals surface area contributed by atoms with Crippen LogP contribution >= 0.6 is 0 Å². The highest BCUT2D eigenvalue weighted by Gasteiger charge is 1.96. The number of hydrogen-bond donors (Lipinski definition) is 0. The van der Waals surface area contributed by atoms with E-state index in [4.69, 9.17) is 4.74 Å². The van der Waals surface area contributed by atoms with Crippen molar-refractivity contribution in [2.45, 2.75) is 12.8 Å². The highest BCUT2D eigenvalue weighted by atomic mass is 16.5. The van der Waals surface area contributed by atoms with Crippen molar-refractivity contribution >= 4 is 0 Å². The normalized spacial score (nSPS) is 10.1. The fraction of sp³-hybridized carbons (Fsp3) is 0.200. The van der Waals surface area contributed by atoms with Crippen LogP contribution in [-0.4, -0.2) is 7.11 Å². The molecule has 16 heavy (non-hydrogen) atoms. The molecule has 0 unspecified atom stereocenters. The van der Waals surface area contributed by atoms with E-state index in [1.54, 1.807) is 7.11 Å². The van der Waals surface area contributed by atoms with Crippen molar-refractivity contribution in [3.63, 3.8) is 0 Å². The summed E-state index contributed by atoms with van der Waals surface area (Å²) in [6.07, 6.45) is 2.13. The zero-order valence-electron chi connectivity index (χ0n) is 10.4. The van der Waals surface area contributed by atoms with Gasteiger partial charge in [0.15, 0.2) is 0 Å². The number of aryl methyl sites for hydroxylation is 2. The van der Waals surface area contributed by atoms with Gasteiger partial charge in [0.2, 0.25) is 0 Å². The summed E-state index contributed by atoms with van der Waals surface area (Å²) in [6.45, 7) is 0. The number of ether oxygens (including phenoxy) is 1. The first kappa shape index (κ1) is 10.7. The summed E-state index contributed by atoms with van der Waals surface area (Å²) in [6, 6.07) is 19.4. The maximum Gasteiger partial charge on any atom is 1.00 e. The van der Waals surface area contributed by atoms with Gasteiger partial charge in [0.1, 0.15) is 5.75 Å². The molecule has 0 heterocycles. The van der Waals surface area contributed by atoms with Gasteiger partial charge in [0, 0.05) is 0 Å². The Morgan fingerprint density at radius 3 is 2.06 bits per heavy atom. The Hall–Kier alpha value is -1.76. The molecule has 0 aliphatic rings. The lowest BCUT2D eigenvalue weighted by Crippen LogP contribution is -1.91. The van der Waals surface area contributed by atoms with Crippen LogP contribution < -0.4 is 4.74 Å². The van der Waals surface area contributed by atoms with E-state index >= 15 is 0 Å². The molecule has 1 heteroatoms. The SMILES string of the molecule is COc1ccc(CCc2cc[c]cc2)cc1.[H+]. The third-order valence-electron chi connectivity index (χ3n) is 2.65. The van der Waals surface area contributed by atoms with Gasteiger partial charge >= 0.3 is 1.43 Å². The van der Waals surface area contributed by atoms with E-state index in [0.717, 1.165) is 18.6 Å². The maximum absolute atomic E-state index is 5.13. The first-order chi connectivity index (χ1) is 7.88. The Labute approximate surface area is 98.2 Å². The van der Waals surface area contributed by atoms with Crippen molar-refractivity contribution in [1.29, 1.82) is 0 Å². The van der Waals surface area contributed by atoms with Crippen molar-refractivity contribution in [1.82, 2.24) is 0 Å². The molecular weight excluding hydrogens is 196 g/mol. The zero-order valence-corrected chi connectivity index (χ0v) is 9.44. The third kappa shape index (κ3) is 2.86. The standard InChI is InChI=1S/C15H15O/c1-16-15-11-9-14(10-12-15)8-7-13-5-3-2-4-6-13/h3-6,9-12H,7-8H2,1H3/p+1. The highest BCUT2D eigenvalue weighted by Crippen LogP contribution is 2.13. The van der Waals surface area contributed by atoms with Crippen LogP contribution in [0.5, 0.6) is 5.75 Å². The van der Waals surface area contributed by atoms with Crippen molar-refractivity contribution in [2.24, 2.45) is 0 Å². The average Bonchev–Trinajstić information content (AvgIpc) is 2.38. The molecule has 2 rings (SSSR count). The molecule has 0 amide bonds. The molecule has 1 radical (unpaired) electrons. The molecule has 0 N–H and O–H groups in total. The van der Waals surface area contributed by atoms with Gasteiger partial charge in [-0.2, -0.15) is 0 Å². The first-order valence-corrected chi connectivity index (χ1v) is 5.46. The van der Waals surface area contributed by atoms with E-state index in [1.165, 1.54) is 11.1 Å². The van der Waals surface area contributed by atoms with E-state index in [0.29, 0.717) is 0 Å². The predicted octanol–water partition coefficient (Wildman–Crippen LogP) is 3.39. The molecule has 0 fully saturated rings. The second kappa shape index (κ2) is 5.36. The Morgan fingerprint density at radius 2 is 1.50 bits per heavy atom. The summed E-state index contributed by atoms with van der Waals surface area (Å²) in [5.41, 5.74) is 2.70. The van der Waals surface area contributed by atoms with Gasteiger partial charge in [-0.05, 0) is 42.2 Å².